The normalized spacial score (nSPS) is 15.7. The van der Waals surface area contributed by atoms with Crippen molar-refractivity contribution in [1.29, 1.82) is 0 Å². The number of nitrogens with zero attached hydrogens (tertiary/aromatic N) is 5. The Morgan fingerprint density at radius 2 is 1.81 bits per heavy atom. The van der Waals surface area contributed by atoms with Crippen LogP contribution in [0.3, 0.4) is 0 Å². The van der Waals surface area contributed by atoms with Crippen molar-refractivity contribution < 1.29 is 4.79 Å². The smallest absolute Gasteiger partial charge is 0.291 e. The fourth-order valence-electron chi connectivity index (χ4n) is 4.44. The van der Waals surface area contributed by atoms with Gasteiger partial charge in [-0.1, -0.05) is 25.1 Å². The molecule has 1 amide bonds. The van der Waals surface area contributed by atoms with Gasteiger partial charge < -0.3 is 14.8 Å². The predicted molar refractivity (Wildman–Crippen MR) is 123 cm³/mol. The molecule has 166 valence electrons. The number of piperazine rings is 1. The second-order valence-corrected chi connectivity index (χ2v) is 8.23. The van der Waals surface area contributed by atoms with E-state index >= 15 is 0 Å². The number of hydrogen-bond acceptors (Lipinski definition) is 5. The zero-order valence-corrected chi connectivity index (χ0v) is 18.5. The Labute approximate surface area is 182 Å². The van der Waals surface area contributed by atoms with Gasteiger partial charge in [0.1, 0.15) is 5.52 Å². The summed E-state index contributed by atoms with van der Waals surface area (Å²) in [6, 6.07) is 7.98. The number of aromatic nitrogens is 3. The highest BCUT2D eigenvalue weighted by Gasteiger charge is 2.16. The van der Waals surface area contributed by atoms with Crippen molar-refractivity contribution in [3.05, 3.63) is 40.8 Å². The van der Waals surface area contributed by atoms with Gasteiger partial charge in [0.05, 0.1) is 6.20 Å². The van der Waals surface area contributed by atoms with Crippen molar-refractivity contribution in [3.8, 4) is 0 Å². The molecular formula is C23H32N6O2. The number of benzene rings is 1. The van der Waals surface area contributed by atoms with Crippen LogP contribution >= 0.6 is 0 Å². The largest absolute Gasteiger partial charge is 0.355 e. The van der Waals surface area contributed by atoms with Gasteiger partial charge in [0, 0.05) is 75.6 Å². The fourth-order valence-corrected chi connectivity index (χ4v) is 4.44. The molecule has 0 spiro atoms. The molecule has 1 fully saturated rings. The lowest BCUT2D eigenvalue weighted by Gasteiger charge is -2.33. The third-order valence-corrected chi connectivity index (χ3v) is 6.31. The Hall–Kier alpha value is -2.71. The van der Waals surface area contributed by atoms with Gasteiger partial charge in [-0.15, -0.1) is 0 Å². The molecule has 1 saturated heterocycles. The first-order valence-corrected chi connectivity index (χ1v) is 11.2. The highest BCUT2D eigenvalue weighted by Crippen LogP contribution is 2.26. The van der Waals surface area contributed by atoms with Gasteiger partial charge in [-0.2, -0.15) is 5.10 Å². The van der Waals surface area contributed by atoms with Gasteiger partial charge in [-0.25, -0.2) is 4.68 Å². The molecule has 0 aliphatic carbocycles. The topological polar surface area (TPSA) is 75.4 Å². The van der Waals surface area contributed by atoms with Crippen LogP contribution < -0.4 is 10.9 Å². The van der Waals surface area contributed by atoms with E-state index in [0.717, 1.165) is 55.6 Å². The van der Waals surface area contributed by atoms with Crippen LogP contribution in [0, 0.1) is 0 Å². The molecule has 0 atom stereocenters. The summed E-state index contributed by atoms with van der Waals surface area (Å²) in [5, 5.41) is 9.12. The van der Waals surface area contributed by atoms with E-state index in [4.69, 9.17) is 0 Å². The molecule has 3 heterocycles. The molecule has 8 nitrogen and oxygen atoms in total. The van der Waals surface area contributed by atoms with Crippen molar-refractivity contribution >= 4 is 27.7 Å². The second kappa shape index (κ2) is 9.62. The number of nitrogens with one attached hydrogen (secondary N) is 1. The van der Waals surface area contributed by atoms with E-state index in [1.807, 2.05) is 28.8 Å². The lowest BCUT2D eigenvalue weighted by atomic mass is 10.2. The molecule has 0 bridgehead atoms. The number of rotatable bonds is 8. The van der Waals surface area contributed by atoms with Gasteiger partial charge in [0.2, 0.25) is 5.91 Å². The van der Waals surface area contributed by atoms with Gasteiger partial charge in [-0.3, -0.25) is 14.5 Å². The Morgan fingerprint density at radius 3 is 2.58 bits per heavy atom. The minimum atomic E-state index is -0.110. The zero-order valence-electron chi connectivity index (χ0n) is 18.5. The Morgan fingerprint density at radius 1 is 1.06 bits per heavy atom. The van der Waals surface area contributed by atoms with E-state index in [2.05, 4.69) is 27.1 Å². The fraction of sp³-hybridized carbons (Fsp3) is 0.522. The Balaban J connectivity index is 1.33. The molecular weight excluding hydrogens is 392 g/mol. The summed E-state index contributed by atoms with van der Waals surface area (Å²) in [5.41, 5.74) is 1.56. The summed E-state index contributed by atoms with van der Waals surface area (Å²) in [6.07, 6.45) is 2.88. The van der Waals surface area contributed by atoms with E-state index in [0.29, 0.717) is 31.4 Å². The van der Waals surface area contributed by atoms with Crippen LogP contribution in [0.2, 0.25) is 0 Å². The first-order chi connectivity index (χ1) is 15.1. The maximum atomic E-state index is 12.7. The first-order valence-electron chi connectivity index (χ1n) is 11.2. The monoisotopic (exact) mass is 424 g/mol. The van der Waals surface area contributed by atoms with Crippen LogP contribution in [0.5, 0.6) is 0 Å². The maximum Gasteiger partial charge on any atom is 0.291 e. The van der Waals surface area contributed by atoms with Gasteiger partial charge in [-0.05, 0) is 19.0 Å². The molecule has 31 heavy (non-hydrogen) atoms. The standard InChI is InChI=1S/C23H32N6O2/c1-3-27-13-15-28(16-14-27)12-10-24-21(30)9-6-11-29-20-8-5-4-7-18(20)19-17-25-26(2)23(31)22(19)29/h4-5,7-8,17H,3,6,9-16H2,1-2H3,(H,24,30). The first kappa shape index (κ1) is 21.5. The number of amides is 1. The quantitative estimate of drug-likeness (QED) is 0.592. The van der Waals surface area contributed by atoms with E-state index < -0.39 is 0 Å². The van der Waals surface area contributed by atoms with Crippen molar-refractivity contribution in [2.75, 3.05) is 45.8 Å². The molecule has 1 aliphatic heterocycles. The minimum absolute atomic E-state index is 0.0718. The van der Waals surface area contributed by atoms with Crippen molar-refractivity contribution in [1.82, 2.24) is 29.5 Å². The average Bonchev–Trinajstić information content (AvgIpc) is 3.11. The zero-order chi connectivity index (χ0) is 21.8. The summed E-state index contributed by atoms with van der Waals surface area (Å²) in [4.78, 5) is 29.9. The summed E-state index contributed by atoms with van der Waals surface area (Å²) in [5.74, 6) is 0.0718. The highest BCUT2D eigenvalue weighted by atomic mass is 16.1. The minimum Gasteiger partial charge on any atom is -0.355 e. The van der Waals surface area contributed by atoms with Gasteiger partial charge in [0.25, 0.3) is 5.56 Å². The van der Waals surface area contributed by atoms with Gasteiger partial charge >= 0.3 is 0 Å². The SMILES string of the molecule is CCN1CCN(CCNC(=O)CCCn2c3ccccc3c3cnn(C)c(=O)c32)CC1. The Bertz CT molecular complexity index is 1110. The van der Waals surface area contributed by atoms with Crippen molar-refractivity contribution in [2.24, 2.45) is 7.05 Å². The number of aryl methyl sites for hydroxylation is 2. The lowest BCUT2D eigenvalue weighted by molar-refractivity contribution is -0.121. The van der Waals surface area contributed by atoms with Crippen LogP contribution in [0.15, 0.2) is 35.3 Å². The van der Waals surface area contributed by atoms with Crippen LogP contribution in [-0.4, -0.2) is 75.9 Å². The van der Waals surface area contributed by atoms with E-state index in [1.165, 1.54) is 4.68 Å². The number of carbonyl (C=O) groups is 1. The number of para-hydroxylation sites is 1. The Kier molecular flexibility index (Phi) is 6.67. The maximum absolute atomic E-state index is 12.7. The summed E-state index contributed by atoms with van der Waals surface area (Å²) >= 11 is 0. The number of carbonyl (C=O) groups excluding carboxylic acids is 1. The summed E-state index contributed by atoms with van der Waals surface area (Å²) < 4.78 is 3.40. The second-order valence-electron chi connectivity index (χ2n) is 8.23. The highest BCUT2D eigenvalue weighted by molar-refractivity contribution is 6.07. The summed E-state index contributed by atoms with van der Waals surface area (Å²) in [6.45, 7) is 9.88. The van der Waals surface area contributed by atoms with E-state index in [1.54, 1.807) is 13.2 Å². The molecule has 1 aromatic carbocycles. The van der Waals surface area contributed by atoms with Crippen LogP contribution in [0.4, 0.5) is 0 Å². The molecule has 1 N–H and O–H groups in total. The molecule has 8 heteroatoms. The van der Waals surface area contributed by atoms with Crippen LogP contribution in [-0.2, 0) is 18.4 Å². The predicted octanol–water partition coefficient (Wildman–Crippen LogP) is 1.42. The molecule has 3 aromatic rings. The van der Waals surface area contributed by atoms with Crippen LogP contribution in [0.25, 0.3) is 21.8 Å². The van der Waals surface area contributed by atoms with Crippen LogP contribution in [0.1, 0.15) is 19.8 Å². The van der Waals surface area contributed by atoms with Crippen molar-refractivity contribution in [3.63, 3.8) is 0 Å². The van der Waals surface area contributed by atoms with Crippen molar-refractivity contribution in [2.45, 2.75) is 26.3 Å². The number of fused-ring (bicyclic) bond motifs is 3. The lowest BCUT2D eigenvalue weighted by Crippen LogP contribution is -2.48. The van der Waals surface area contributed by atoms with E-state index in [-0.39, 0.29) is 11.5 Å². The van der Waals surface area contributed by atoms with E-state index in [9.17, 15) is 9.59 Å². The third kappa shape index (κ3) is 4.65. The average molecular weight is 425 g/mol. The molecule has 2 aromatic heterocycles. The summed E-state index contributed by atoms with van der Waals surface area (Å²) in [7, 11) is 1.67. The molecule has 0 saturated carbocycles. The molecule has 1 aliphatic rings. The molecule has 0 radical (unpaired) electrons. The third-order valence-electron chi connectivity index (χ3n) is 6.31. The van der Waals surface area contributed by atoms with Gasteiger partial charge in [0.15, 0.2) is 0 Å². The molecule has 0 unspecified atom stereocenters. The number of hydrogen-bond donors (Lipinski definition) is 1. The molecule has 4 rings (SSSR count). The number of likely N-dealkylation sites (N-methyl/N-ethyl adjacent to an activating group) is 1.